The summed E-state index contributed by atoms with van der Waals surface area (Å²) in [6.07, 6.45) is 0. The Kier molecular flexibility index (Phi) is 8.19. The van der Waals surface area contributed by atoms with Gasteiger partial charge in [-0.05, 0) is 13.8 Å². The second-order valence-corrected chi connectivity index (χ2v) is 4.88. The van der Waals surface area contributed by atoms with Crippen LogP contribution in [0.4, 0.5) is 0 Å². The Hall–Kier alpha value is -1.24. The van der Waals surface area contributed by atoms with Gasteiger partial charge in [0.15, 0.2) is 5.44 Å². The first-order valence-electron chi connectivity index (χ1n) is 5.49. The average molecular weight is 278 g/mol. The van der Waals surface area contributed by atoms with Gasteiger partial charge in [-0.15, -0.1) is 0 Å². The first-order valence-corrected chi connectivity index (χ1v) is 6.43. The summed E-state index contributed by atoms with van der Waals surface area (Å²) in [7, 11) is 0. The Morgan fingerprint density at radius 1 is 1.11 bits per heavy atom. The standard InChI is InChI=1S/C11H18O6S/c1-5-15-11(14)7(2)18-10(17-9(4)13)6-16-8(3)12/h7,10H,5-6H2,1-4H3/t7?,10-/m1/s1. The largest absolute Gasteiger partial charge is 0.465 e. The minimum Gasteiger partial charge on any atom is -0.465 e. The van der Waals surface area contributed by atoms with Gasteiger partial charge in [-0.25, -0.2) is 0 Å². The van der Waals surface area contributed by atoms with Crippen LogP contribution in [0.15, 0.2) is 0 Å². The van der Waals surface area contributed by atoms with Crippen LogP contribution in [0, 0.1) is 0 Å². The van der Waals surface area contributed by atoms with E-state index >= 15 is 0 Å². The minimum atomic E-state index is -0.717. The predicted octanol–water partition coefficient (Wildman–Crippen LogP) is 1.12. The van der Waals surface area contributed by atoms with Gasteiger partial charge in [0, 0.05) is 13.8 Å². The molecule has 0 aliphatic rings. The quantitative estimate of drug-likeness (QED) is 0.392. The van der Waals surface area contributed by atoms with Crippen LogP contribution in [0.2, 0.25) is 0 Å². The highest BCUT2D eigenvalue weighted by molar-refractivity contribution is 8.01. The molecule has 1 unspecified atom stereocenters. The van der Waals surface area contributed by atoms with Crippen molar-refractivity contribution in [2.75, 3.05) is 13.2 Å². The van der Waals surface area contributed by atoms with Gasteiger partial charge in [0.2, 0.25) is 0 Å². The van der Waals surface area contributed by atoms with E-state index in [2.05, 4.69) is 0 Å². The lowest BCUT2D eigenvalue weighted by Crippen LogP contribution is -2.26. The van der Waals surface area contributed by atoms with E-state index in [9.17, 15) is 14.4 Å². The third kappa shape index (κ3) is 7.94. The lowest BCUT2D eigenvalue weighted by atomic mass is 10.5. The molecule has 0 aromatic carbocycles. The van der Waals surface area contributed by atoms with Crippen molar-refractivity contribution in [1.82, 2.24) is 0 Å². The number of esters is 3. The van der Waals surface area contributed by atoms with Crippen LogP contribution in [-0.4, -0.2) is 41.8 Å². The Morgan fingerprint density at radius 2 is 1.72 bits per heavy atom. The van der Waals surface area contributed by atoms with Gasteiger partial charge >= 0.3 is 17.9 Å². The highest BCUT2D eigenvalue weighted by Crippen LogP contribution is 2.20. The van der Waals surface area contributed by atoms with Gasteiger partial charge in [0.25, 0.3) is 0 Å². The van der Waals surface area contributed by atoms with Gasteiger partial charge < -0.3 is 14.2 Å². The summed E-state index contributed by atoms with van der Waals surface area (Å²) >= 11 is 1.07. The summed E-state index contributed by atoms with van der Waals surface area (Å²) in [5.74, 6) is -1.38. The summed E-state index contributed by atoms with van der Waals surface area (Å²) in [6, 6.07) is 0. The molecule has 0 saturated carbocycles. The highest BCUT2D eigenvalue weighted by Gasteiger charge is 2.23. The van der Waals surface area contributed by atoms with E-state index < -0.39 is 28.6 Å². The molecule has 0 spiro atoms. The molecule has 0 heterocycles. The van der Waals surface area contributed by atoms with E-state index in [0.717, 1.165) is 11.8 Å². The number of hydrogen-bond acceptors (Lipinski definition) is 7. The summed E-state index contributed by atoms with van der Waals surface area (Å²) in [5, 5.41) is -0.509. The number of ether oxygens (including phenoxy) is 3. The number of hydrogen-bond donors (Lipinski definition) is 0. The van der Waals surface area contributed by atoms with E-state index in [0.29, 0.717) is 0 Å². The average Bonchev–Trinajstić information content (AvgIpc) is 2.25. The summed E-state index contributed by atoms with van der Waals surface area (Å²) in [6.45, 7) is 6.03. The number of rotatable bonds is 7. The normalized spacial score (nSPS) is 13.3. The summed E-state index contributed by atoms with van der Waals surface area (Å²) < 4.78 is 14.5. The highest BCUT2D eigenvalue weighted by atomic mass is 32.2. The van der Waals surface area contributed by atoms with Crippen LogP contribution in [0.5, 0.6) is 0 Å². The van der Waals surface area contributed by atoms with E-state index in [1.165, 1.54) is 13.8 Å². The monoisotopic (exact) mass is 278 g/mol. The fraction of sp³-hybridized carbons (Fsp3) is 0.727. The molecule has 0 bridgehead atoms. The molecule has 0 aromatic rings. The molecule has 0 aliphatic heterocycles. The predicted molar refractivity (Wildman–Crippen MR) is 65.9 cm³/mol. The molecular formula is C11H18O6S. The van der Waals surface area contributed by atoms with Crippen LogP contribution in [0.3, 0.4) is 0 Å². The summed E-state index contributed by atoms with van der Waals surface area (Å²) in [5.41, 5.74) is -0.717. The maximum absolute atomic E-state index is 11.4. The van der Waals surface area contributed by atoms with Crippen LogP contribution in [0.25, 0.3) is 0 Å². The maximum Gasteiger partial charge on any atom is 0.318 e. The molecule has 7 heteroatoms. The fourth-order valence-electron chi connectivity index (χ4n) is 1.01. The fourth-order valence-corrected chi connectivity index (χ4v) is 1.99. The molecule has 0 fully saturated rings. The van der Waals surface area contributed by atoms with Crippen molar-refractivity contribution in [2.24, 2.45) is 0 Å². The van der Waals surface area contributed by atoms with E-state index in [1.54, 1.807) is 13.8 Å². The molecule has 0 rings (SSSR count). The van der Waals surface area contributed by atoms with E-state index in [1.807, 2.05) is 0 Å². The number of carbonyl (C=O) groups excluding carboxylic acids is 3. The Labute approximate surface area is 110 Å². The number of carbonyl (C=O) groups is 3. The van der Waals surface area contributed by atoms with Crippen LogP contribution >= 0.6 is 11.8 Å². The molecule has 0 amide bonds. The molecule has 0 radical (unpaired) electrons. The lowest BCUT2D eigenvalue weighted by molar-refractivity contribution is -0.151. The molecule has 0 N–H and O–H groups in total. The first kappa shape index (κ1) is 16.8. The van der Waals surface area contributed by atoms with Crippen molar-refractivity contribution in [3.63, 3.8) is 0 Å². The lowest BCUT2D eigenvalue weighted by Gasteiger charge is -2.19. The zero-order valence-corrected chi connectivity index (χ0v) is 11.7. The molecule has 0 saturated heterocycles. The first-order chi connectivity index (χ1) is 8.36. The molecule has 0 aliphatic carbocycles. The van der Waals surface area contributed by atoms with Gasteiger partial charge in [0.05, 0.1) is 6.61 Å². The minimum absolute atomic E-state index is 0.0939. The molecule has 18 heavy (non-hydrogen) atoms. The Bertz CT molecular complexity index is 304. The van der Waals surface area contributed by atoms with Gasteiger partial charge in [0.1, 0.15) is 11.9 Å². The van der Waals surface area contributed by atoms with E-state index in [4.69, 9.17) is 14.2 Å². The van der Waals surface area contributed by atoms with Crippen molar-refractivity contribution in [3.05, 3.63) is 0 Å². The van der Waals surface area contributed by atoms with Crippen molar-refractivity contribution < 1.29 is 28.6 Å². The molecule has 2 atom stereocenters. The molecule has 0 aromatic heterocycles. The van der Waals surface area contributed by atoms with Crippen LogP contribution < -0.4 is 0 Å². The zero-order chi connectivity index (χ0) is 14.1. The van der Waals surface area contributed by atoms with E-state index in [-0.39, 0.29) is 13.2 Å². The summed E-state index contributed by atoms with van der Waals surface area (Å²) in [4.78, 5) is 33.0. The Balaban J connectivity index is 4.33. The topological polar surface area (TPSA) is 78.9 Å². The van der Waals surface area contributed by atoms with Crippen molar-refractivity contribution in [2.45, 2.75) is 38.4 Å². The maximum atomic E-state index is 11.4. The van der Waals surface area contributed by atoms with Crippen LogP contribution in [0.1, 0.15) is 27.7 Å². The molecular weight excluding hydrogens is 260 g/mol. The second-order valence-electron chi connectivity index (χ2n) is 3.37. The van der Waals surface area contributed by atoms with Crippen molar-refractivity contribution in [1.29, 1.82) is 0 Å². The zero-order valence-electron chi connectivity index (χ0n) is 10.9. The smallest absolute Gasteiger partial charge is 0.318 e. The number of thioether (sulfide) groups is 1. The van der Waals surface area contributed by atoms with Crippen molar-refractivity contribution in [3.8, 4) is 0 Å². The Morgan fingerprint density at radius 3 is 2.17 bits per heavy atom. The van der Waals surface area contributed by atoms with Gasteiger partial charge in [-0.1, -0.05) is 11.8 Å². The van der Waals surface area contributed by atoms with Gasteiger partial charge in [-0.3, -0.25) is 14.4 Å². The van der Waals surface area contributed by atoms with Crippen LogP contribution in [-0.2, 0) is 28.6 Å². The third-order valence-corrected chi connectivity index (χ3v) is 2.83. The second kappa shape index (κ2) is 8.79. The molecule has 6 nitrogen and oxygen atoms in total. The molecule has 104 valence electrons. The van der Waals surface area contributed by atoms with Gasteiger partial charge in [-0.2, -0.15) is 0 Å². The van der Waals surface area contributed by atoms with Crippen molar-refractivity contribution >= 4 is 29.7 Å². The third-order valence-electron chi connectivity index (χ3n) is 1.69. The SMILES string of the molecule is CCOC(=O)C(C)S[C@H](COC(C)=O)OC(C)=O.